The topological polar surface area (TPSA) is 55.6 Å². The van der Waals surface area contributed by atoms with Crippen molar-refractivity contribution in [2.45, 2.75) is 32.8 Å². The number of morpholine rings is 1. The molecule has 1 amide bonds. The number of benzene rings is 1. The summed E-state index contributed by atoms with van der Waals surface area (Å²) >= 11 is 12.1. The highest BCUT2D eigenvalue weighted by molar-refractivity contribution is 6.42. The fourth-order valence-corrected chi connectivity index (χ4v) is 3.32. The summed E-state index contributed by atoms with van der Waals surface area (Å²) in [5.74, 6) is 0.123. The second-order valence-electron chi connectivity index (χ2n) is 5.98. The van der Waals surface area contributed by atoms with Gasteiger partial charge in [0.15, 0.2) is 0 Å². The highest BCUT2D eigenvalue weighted by Gasteiger charge is 2.38. The van der Waals surface area contributed by atoms with Crippen LogP contribution in [0.15, 0.2) is 18.2 Å². The van der Waals surface area contributed by atoms with Gasteiger partial charge in [0.05, 0.1) is 28.6 Å². The molecule has 1 aliphatic heterocycles. The molecule has 0 aromatic heterocycles. The molecule has 1 aromatic rings. The summed E-state index contributed by atoms with van der Waals surface area (Å²) in [4.78, 5) is 14.8. The van der Waals surface area contributed by atoms with Crippen molar-refractivity contribution in [1.82, 2.24) is 4.90 Å². The molecule has 2 N–H and O–H groups in total. The first-order valence-corrected chi connectivity index (χ1v) is 8.79. The third kappa shape index (κ3) is 4.36. The van der Waals surface area contributed by atoms with Crippen LogP contribution in [0.4, 0.5) is 0 Å². The Bertz CT molecular complexity index is 557. The Morgan fingerprint density at radius 2 is 2.00 bits per heavy atom. The summed E-state index contributed by atoms with van der Waals surface area (Å²) in [5, 5.41) is 1.01. The number of hydrogen-bond donors (Lipinski definition) is 1. The highest BCUT2D eigenvalue weighted by Crippen LogP contribution is 2.32. The lowest BCUT2D eigenvalue weighted by molar-refractivity contribution is -0.150. The van der Waals surface area contributed by atoms with Crippen LogP contribution in [0.1, 0.15) is 38.4 Å². The van der Waals surface area contributed by atoms with Crippen LogP contribution in [0, 0.1) is 5.41 Å². The molecule has 136 valence electrons. The standard InChI is InChI=1S/C17H24Cl2N2O2.ClH/c1-3-17(4-2,11-20)16(22)21-7-8-23-15(10-21)12-5-6-13(18)14(19)9-12;/h5-6,9,15H,3-4,7-8,10-11,20H2,1-2H3;1H. The molecule has 1 saturated heterocycles. The maximum Gasteiger partial charge on any atom is 0.230 e. The first-order valence-electron chi connectivity index (χ1n) is 8.03. The Balaban J connectivity index is 0.00000288. The lowest BCUT2D eigenvalue weighted by Gasteiger charge is -2.39. The van der Waals surface area contributed by atoms with Crippen molar-refractivity contribution in [2.75, 3.05) is 26.2 Å². The van der Waals surface area contributed by atoms with Crippen LogP contribution >= 0.6 is 35.6 Å². The lowest BCUT2D eigenvalue weighted by Crippen LogP contribution is -2.51. The molecular weight excluding hydrogens is 371 g/mol. The van der Waals surface area contributed by atoms with Crippen LogP contribution in [0.5, 0.6) is 0 Å². The van der Waals surface area contributed by atoms with Crippen molar-refractivity contribution in [2.24, 2.45) is 11.1 Å². The van der Waals surface area contributed by atoms with Gasteiger partial charge in [0.1, 0.15) is 6.10 Å². The number of nitrogens with zero attached hydrogens (tertiary/aromatic N) is 1. The fraction of sp³-hybridized carbons (Fsp3) is 0.588. The average molecular weight is 396 g/mol. The normalized spacial score (nSPS) is 18.2. The van der Waals surface area contributed by atoms with Gasteiger partial charge in [0, 0.05) is 13.1 Å². The molecule has 0 aliphatic carbocycles. The molecule has 4 nitrogen and oxygen atoms in total. The minimum atomic E-state index is -0.473. The summed E-state index contributed by atoms with van der Waals surface area (Å²) in [7, 11) is 0. The van der Waals surface area contributed by atoms with E-state index in [0.717, 1.165) is 18.4 Å². The molecule has 0 radical (unpaired) electrons. The largest absolute Gasteiger partial charge is 0.370 e. The van der Waals surface area contributed by atoms with Crippen LogP contribution in [-0.4, -0.2) is 37.0 Å². The maximum atomic E-state index is 13.0. The zero-order valence-electron chi connectivity index (χ0n) is 14.1. The average Bonchev–Trinajstić information content (AvgIpc) is 2.59. The number of nitrogens with two attached hydrogens (primary N) is 1. The molecule has 1 heterocycles. The van der Waals surface area contributed by atoms with Crippen molar-refractivity contribution < 1.29 is 9.53 Å². The summed E-state index contributed by atoms with van der Waals surface area (Å²) in [6.07, 6.45) is 1.30. The number of carbonyl (C=O) groups is 1. The van der Waals surface area contributed by atoms with E-state index in [1.807, 2.05) is 24.8 Å². The van der Waals surface area contributed by atoms with E-state index < -0.39 is 5.41 Å². The second kappa shape index (κ2) is 9.25. The number of hydrogen-bond acceptors (Lipinski definition) is 3. The Morgan fingerprint density at radius 1 is 1.33 bits per heavy atom. The molecule has 2 rings (SSSR count). The second-order valence-corrected chi connectivity index (χ2v) is 6.79. The van der Waals surface area contributed by atoms with Gasteiger partial charge in [-0.2, -0.15) is 0 Å². The third-order valence-electron chi connectivity index (χ3n) is 4.87. The molecule has 1 unspecified atom stereocenters. The highest BCUT2D eigenvalue weighted by atomic mass is 35.5. The predicted molar refractivity (Wildman–Crippen MR) is 101 cm³/mol. The number of carbonyl (C=O) groups excluding carboxylic acids is 1. The van der Waals surface area contributed by atoms with Gasteiger partial charge in [-0.05, 0) is 30.5 Å². The van der Waals surface area contributed by atoms with Crippen LogP contribution in [0.3, 0.4) is 0 Å². The van der Waals surface area contributed by atoms with E-state index in [9.17, 15) is 4.79 Å². The molecule has 0 bridgehead atoms. The van der Waals surface area contributed by atoms with Crippen LogP contribution < -0.4 is 5.73 Å². The summed E-state index contributed by atoms with van der Waals surface area (Å²) in [6, 6.07) is 5.45. The van der Waals surface area contributed by atoms with E-state index >= 15 is 0 Å². The molecule has 24 heavy (non-hydrogen) atoms. The SMILES string of the molecule is CCC(CC)(CN)C(=O)N1CCOC(c2ccc(Cl)c(Cl)c2)C1.Cl. The van der Waals surface area contributed by atoms with Crippen LogP contribution in [0.2, 0.25) is 10.0 Å². The van der Waals surface area contributed by atoms with Gasteiger partial charge in [-0.1, -0.05) is 43.1 Å². The summed E-state index contributed by atoms with van der Waals surface area (Å²) in [6.45, 7) is 6.02. The molecule has 1 aromatic carbocycles. The monoisotopic (exact) mass is 394 g/mol. The molecule has 7 heteroatoms. The number of halogens is 3. The first-order chi connectivity index (χ1) is 11.0. The van der Waals surface area contributed by atoms with Gasteiger partial charge in [-0.15, -0.1) is 12.4 Å². The van der Waals surface area contributed by atoms with Gasteiger partial charge in [0.2, 0.25) is 5.91 Å². The molecule has 1 atom stereocenters. The third-order valence-corrected chi connectivity index (χ3v) is 5.61. The van der Waals surface area contributed by atoms with E-state index in [4.69, 9.17) is 33.7 Å². The smallest absolute Gasteiger partial charge is 0.230 e. The van der Waals surface area contributed by atoms with E-state index in [1.165, 1.54) is 0 Å². The van der Waals surface area contributed by atoms with Crippen LogP contribution in [-0.2, 0) is 9.53 Å². The predicted octanol–water partition coefficient (Wildman–Crippen LogP) is 4.08. The van der Waals surface area contributed by atoms with Crippen molar-refractivity contribution in [3.8, 4) is 0 Å². The van der Waals surface area contributed by atoms with Crippen molar-refractivity contribution in [1.29, 1.82) is 0 Å². The lowest BCUT2D eigenvalue weighted by atomic mass is 9.80. The zero-order chi connectivity index (χ0) is 17.0. The van der Waals surface area contributed by atoms with Gasteiger partial charge in [-0.25, -0.2) is 0 Å². The Morgan fingerprint density at radius 3 is 2.54 bits per heavy atom. The van der Waals surface area contributed by atoms with E-state index in [-0.39, 0.29) is 24.4 Å². The molecular formula is C17H25Cl3N2O2. The van der Waals surface area contributed by atoms with Crippen LogP contribution in [0.25, 0.3) is 0 Å². The molecule has 1 aliphatic rings. The minimum absolute atomic E-state index is 0. The Labute approximate surface area is 160 Å². The number of amides is 1. The van der Waals surface area contributed by atoms with Crippen molar-refractivity contribution in [3.05, 3.63) is 33.8 Å². The molecule has 1 fully saturated rings. The minimum Gasteiger partial charge on any atom is -0.370 e. The van der Waals surface area contributed by atoms with Gasteiger partial charge < -0.3 is 15.4 Å². The van der Waals surface area contributed by atoms with E-state index in [2.05, 4.69) is 0 Å². The van der Waals surface area contributed by atoms with Gasteiger partial charge in [-0.3, -0.25) is 4.79 Å². The maximum absolute atomic E-state index is 13.0. The van der Waals surface area contributed by atoms with E-state index in [1.54, 1.807) is 12.1 Å². The number of rotatable bonds is 5. The van der Waals surface area contributed by atoms with Crippen molar-refractivity contribution in [3.63, 3.8) is 0 Å². The fourth-order valence-electron chi connectivity index (χ4n) is 3.01. The van der Waals surface area contributed by atoms with Gasteiger partial charge >= 0.3 is 0 Å². The molecule has 0 saturated carbocycles. The quantitative estimate of drug-likeness (QED) is 0.817. The Hall–Kier alpha value is -0.520. The number of ether oxygens (including phenoxy) is 1. The van der Waals surface area contributed by atoms with Gasteiger partial charge in [0.25, 0.3) is 0 Å². The summed E-state index contributed by atoms with van der Waals surface area (Å²) < 4.78 is 5.83. The summed E-state index contributed by atoms with van der Waals surface area (Å²) in [5.41, 5.74) is 6.37. The molecule has 0 spiro atoms. The first kappa shape index (κ1) is 21.5. The van der Waals surface area contributed by atoms with E-state index in [0.29, 0.717) is 36.3 Å². The zero-order valence-corrected chi connectivity index (χ0v) is 16.4. The van der Waals surface area contributed by atoms with Crippen molar-refractivity contribution >= 4 is 41.5 Å². The Kier molecular flexibility index (Phi) is 8.30.